The lowest BCUT2D eigenvalue weighted by molar-refractivity contribution is -0.137. The highest BCUT2D eigenvalue weighted by molar-refractivity contribution is 6.33. The van der Waals surface area contributed by atoms with Crippen LogP contribution in [-0.2, 0) is 24.1 Å². The second-order valence-corrected chi connectivity index (χ2v) is 8.60. The SMILES string of the molecule is Cc1ccccc1COC(=O)c1cn(Cc2ccc(C(F)(F)F)cc2F)c2cc(Cl)c(N)cc2c1=O. The second kappa shape index (κ2) is 9.66. The van der Waals surface area contributed by atoms with E-state index in [1.165, 1.54) is 22.9 Å². The monoisotopic (exact) mass is 518 g/mol. The molecule has 1 heterocycles. The van der Waals surface area contributed by atoms with Crippen molar-refractivity contribution in [2.24, 2.45) is 0 Å². The van der Waals surface area contributed by atoms with Gasteiger partial charge in [0.1, 0.15) is 18.0 Å². The van der Waals surface area contributed by atoms with Crippen molar-refractivity contribution in [3.63, 3.8) is 0 Å². The van der Waals surface area contributed by atoms with Crippen molar-refractivity contribution < 1.29 is 27.1 Å². The van der Waals surface area contributed by atoms with Crippen LogP contribution in [0.25, 0.3) is 10.9 Å². The van der Waals surface area contributed by atoms with E-state index in [2.05, 4.69) is 0 Å². The summed E-state index contributed by atoms with van der Waals surface area (Å²) < 4.78 is 60.1. The van der Waals surface area contributed by atoms with Crippen LogP contribution in [-0.4, -0.2) is 10.5 Å². The Labute approximate surface area is 207 Å². The van der Waals surface area contributed by atoms with E-state index in [0.29, 0.717) is 6.07 Å². The molecule has 0 aliphatic heterocycles. The van der Waals surface area contributed by atoms with E-state index in [1.54, 1.807) is 12.1 Å². The number of anilines is 1. The van der Waals surface area contributed by atoms with Crippen LogP contribution in [0.3, 0.4) is 0 Å². The minimum absolute atomic E-state index is 0.0227. The Bertz CT molecular complexity index is 1550. The first kappa shape index (κ1) is 25.2. The maximum Gasteiger partial charge on any atom is 0.416 e. The molecule has 0 unspecified atom stereocenters. The van der Waals surface area contributed by atoms with Gasteiger partial charge >= 0.3 is 12.1 Å². The number of rotatable bonds is 5. The molecule has 3 aromatic carbocycles. The molecule has 0 saturated heterocycles. The molecule has 4 rings (SSSR count). The first-order chi connectivity index (χ1) is 17.0. The van der Waals surface area contributed by atoms with Crippen molar-refractivity contribution in [3.05, 3.63) is 110 Å². The van der Waals surface area contributed by atoms with Gasteiger partial charge in [-0.3, -0.25) is 4.79 Å². The van der Waals surface area contributed by atoms with E-state index in [0.717, 1.165) is 23.3 Å². The fourth-order valence-corrected chi connectivity index (χ4v) is 3.89. The Balaban J connectivity index is 1.77. The van der Waals surface area contributed by atoms with Crippen LogP contribution < -0.4 is 11.2 Å². The van der Waals surface area contributed by atoms with Gasteiger partial charge in [-0.1, -0.05) is 41.9 Å². The molecular formula is C26H19ClF4N2O3. The number of pyridine rings is 1. The summed E-state index contributed by atoms with van der Waals surface area (Å²) in [5.41, 5.74) is 5.54. The normalized spacial score (nSPS) is 11.6. The molecule has 0 aliphatic carbocycles. The number of nitrogens with zero attached hydrogens (tertiary/aromatic N) is 1. The van der Waals surface area contributed by atoms with Gasteiger partial charge in [-0.15, -0.1) is 0 Å². The van der Waals surface area contributed by atoms with Crippen LogP contribution in [0.5, 0.6) is 0 Å². The lowest BCUT2D eigenvalue weighted by Gasteiger charge is -2.16. The zero-order chi connectivity index (χ0) is 26.2. The third-order valence-electron chi connectivity index (χ3n) is 5.76. The number of esters is 1. The van der Waals surface area contributed by atoms with Crippen LogP contribution >= 0.6 is 11.6 Å². The molecule has 2 N–H and O–H groups in total. The first-order valence-electron chi connectivity index (χ1n) is 10.6. The van der Waals surface area contributed by atoms with Gasteiger partial charge in [0.25, 0.3) is 0 Å². The molecule has 36 heavy (non-hydrogen) atoms. The molecule has 0 saturated carbocycles. The van der Waals surface area contributed by atoms with E-state index < -0.39 is 29.0 Å². The third kappa shape index (κ3) is 5.06. The van der Waals surface area contributed by atoms with Gasteiger partial charge in [-0.05, 0) is 42.3 Å². The molecule has 0 radical (unpaired) electrons. The number of carbonyl (C=O) groups excluding carboxylic acids is 1. The molecule has 0 fully saturated rings. The van der Waals surface area contributed by atoms with E-state index >= 15 is 0 Å². The highest BCUT2D eigenvalue weighted by Crippen LogP contribution is 2.31. The molecule has 0 bridgehead atoms. The maximum absolute atomic E-state index is 14.6. The quantitative estimate of drug-likeness (QED) is 0.196. The summed E-state index contributed by atoms with van der Waals surface area (Å²) >= 11 is 6.12. The Morgan fingerprint density at radius 3 is 2.47 bits per heavy atom. The molecule has 4 aromatic rings. The molecule has 0 aliphatic rings. The summed E-state index contributed by atoms with van der Waals surface area (Å²) in [5.74, 6) is -2.01. The number of fused-ring (bicyclic) bond motifs is 1. The van der Waals surface area contributed by atoms with Crippen molar-refractivity contribution >= 4 is 34.2 Å². The lowest BCUT2D eigenvalue weighted by Crippen LogP contribution is -2.21. The highest BCUT2D eigenvalue weighted by atomic mass is 35.5. The highest BCUT2D eigenvalue weighted by Gasteiger charge is 2.31. The molecule has 186 valence electrons. The largest absolute Gasteiger partial charge is 0.457 e. The van der Waals surface area contributed by atoms with Crippen LogP contribution in [0.1, 0.15) is 32.6 Å². The summed E-state index contributed by atoms with van der Waals surface area (Å²) in [6, 6.07) is 12.0. The molecule has 0 atom stereocenters. The van der Waals surface area contributed by atoms with Gasteiger partial charge in [0.15, 0.2) is 0 Å². The van der Waals surface area contributed by atoms with Crippen molar-refractivity contribution in [1.82, 2.24) is 4.57 Å². The summed E-state index contributed by atoms with van der Waals surface area (Å²) in [4.78, 5) is 26.0. The number of alkyl halides is 3. The summed E-state index contributed by atoms with van der Waals surface area (Å²) in [6.45, 7) is 1.47. The number of hydrogen-bond donors (Lipinski definition) is 1. The summed E-state index contributed by atoms with van der Waals surface area (Å²) in [6.07, 6.45) is -3.53. The van der Waals surface area contributed by atoms with E-state index in [-0.39, 0.29) is 45.9 Å². The van der Waals surface area contributed by atoms with E-state index in [4.69, 9.17) is 22.1 Å². The molecule has 0 amide bonds. The molecular weight excluding hydrogens is 500 g/mol. The number of carbonyl (C=O) groups is 1. The van der Waals surface area contributed by atoms with Gasteiger partial charge in [-0.2, -0.15) is 13.2 Å². The van der Waals surface area contributed by atoms with Crippen LogP contribution in [0.2, 0.25) is 5.02 Å². The number of ether oxygens (including phenoxy) is 1. The van der Waals surface area contributed by atoms with Crippen molar-refractivity contribution in [3.8, 4) is 0 Å². The first-order valence-corrected chi connectivity index (χ1v) is 11.0. The van der Waals surface area contributed by atoms with Gasteiger partial charge in [-0.25, -0.2) is 9.18 Å². The van der Waals surface area contributed by atoms with Gasteiger partial charge in [0, 0.05) is 17.1 Å². The van der Waals surface area contributed by atoms with Crippen LogP contribution in [0.15, 0.2) is 65.6 Å². The summed E-state index contributed by atoms with van der Waals surface area (Å²) in [7, 11) is 0. The van der Waals surface area contributed by atoms with E-state index in [9.17, 15) is 27.2 Å². The average Bonchev–Trinajstić information content (AvgIpc) is 2.82. The third-order valence-corrected chi connectivity index (χ3v) is 6.09. The fraction of sp³-hybridized carbons (Fsp3) is 0.154. The number of aromatic nitrogens is 1. The Hall–Kier alpha value is -3.85. The number of hydrogen-bond acceptors (Lipinski definition) is 4. The lowest BCUT2D eigenvalue weighted by atomic mass is 10.1. The minimum atomic E-state index is -4.71. The number of benzene rings is 3. The predicted molar refractivity (Wildman–Crippen MR) is 128 cm³/mol. The standard InChI is InChI=1S/C26H19ClF4N2O3/c1-14-4-2-3-5-16(14)13-36-25(35)19-12-33(23-10-20(27)22(32)9-18(23)24(19)34)11-15-6-7-17(8-21(15)28)26(29,30)31/h2-10,12H,11,13,32H2,1H3. The van der Waals surface area contributed by atoms with Crippen molar-refractivity contribution in [2.75, 3.05) is 5.73 Å². The average molecular weight is 519 g/mol. The fourth-order valence-electron chi connectivity index (χ4n) is 3.73. The predicted octanol–water partition coefficient (Wildman–Crippen LogP) is 6.11. The maximum atomic E-state index is 14.6. The molecule has 10 heteroatoms. The Morgan fingerprint density at radius 2 is 1.81 bits per heavy atom. The second-order valence-electron chi connectivity index (χ2n) is 8.20. The van der Waals surface area contributed by atoms with Crippen LogP contribution in [0.4, 0.5) is 23.2 Å². The van der Waals surface area contributed by atoms with Gasteiger partial charge in [0.2, 0.25) is 5.43 Å². The number of nitrogen functional groups attached to an aromatic ring is 1. The number of halogens is 5. The molecule has 5 nitrogen and oxygen atoms in total. The molecule has 1 aromatic heterocycles. The molecule has 0 spiro atoms. The van der Waals surface area contributed by atoms with Crippen molar-refractivity contribution in [2.45, 2.75) is 26.3 Å². The Kier molecular flexibility index (Phi) is 6.77. The van der Waals surface area contributed by atoms with E-state index in [1.807, 2.05) is 19.1 Å². The minimum Gasteiger partial charge on any atom is -0.457 e. The zero-order valence-corrected chi connectivity index (χ0v) is 19.6. The van der Waals surface area contributed by atoms with Crippen LogP contribution in [0, 0.1) is 12.7 Å². The smallest absolute Gasteiger partial charge is 0.416 e. The zero-order valence-electron chi connectivity index (χ0n) is 18.8. The number of aryl methyl sites for hydroxylation is 1. The van der Waals surface area contributed by atoms with Gasteiger partial charge < -0.3 is 15.0 Å². The number of nitrogens with two attached hydrogens (primary N) is 1. The van der Waals surface area contributed by atoms with Crippen molar-refractivity contribution in [1.29, 1.82) is 0 Å². The Morgan fingerprint density at radius 1 is 1.08 bits per heavy atom. The summed E-state index contributed by atoms with van der Waals surface area (Å²) in [5, 5.41) is 0.132. The van der Waals surface area contributed by atoms with Gasteiger partial charge in [0.05, 0.1) is 28.3 Å². The topological polar surface area (TPSA) is 74.3 Å².